The molecule has 2 aromatic heterocycles. The van der Waals surface area contributed by atoms with Gasteiger partial charge in [-0.05, 0) is 70.3 Å². The zero-order valence-corrected chi connectivity index (χ0v) is 22.3. The summed E-state index contributed by atoms with van der Waals surface area (Å²) in [6.07, 6.45) is 3.01. The molecule has 7 aromatic rings. The first-order valence-corrected chi connectivity index (χ1v) is 14.5. The minimum absolute atomic E-state index is 0.361. The van der Waals surface area contributed by atoms with E-state index in [-0.39, 0.29) is 0 Å². The molecule has 8 rings (SSSR count). The molecule has 0 aliphatic heterocycles. The molecule has 0 N–H and O–H groups in total. The first kappa shape index (κ1) is 22.6. The van der Waals surface area contributed by atoms with Crippen molar-refractivity contribution in [2.45, 2.75) is 25.2 Å². The summed E-state index contributed by atoms with van der Waals surface area (Å²) >= 11 is 1.75. The van der Waals surface area contributed by atoms with Gasteiger partial charge in [0, 0.05) is 15.6 Å². The van der Waals surface area contributed by atoms with E-state index in [2.05, 4.69) is 115 Å². The molecule has 3 heteroatoms. The van der Waals surface area contributed by atoms with Gasteiger partial charge in [-0.3, -0.25) is 0 Å². The molecule has 0 saturated carbocycles. The summed E-state index contributed by atoms with van der Waals surface area (Å²) in [4.78, 5) is 11.7. The van der Waals surface area contributed by atoms with Crippen molar-refractivity contribution in [3.8, 4) is 22.4 Å². The number of benzene rings is 5. The third-order valence-corrected chi connectivity index (χ3v) is 9.25. The minimum Gasteiger partial charge on any atom is -0.243 e. The predicted molar refractivity (Wildman–Crippen MR) is 165 cm³/mol. The Hall–Kier alpha value is -4.34. The van der Waals surface area contributed by atoms with E-state index in [0.29, 0.717) is 5.92 Å². The molecule has 0 fully saturated rings. The topological polar surface area (TPSA) is 25.8 Å². The fourth-order valence-electron chi connectivity index (χ4n) is 6.30. The van der Waals surface area contributed by atoms with Crippen molar-refractivity contribution in [3.63, 3.8) is 0 Å². The third-order valence-electron chi connectivity index (χ3n) is 8.20. The van der Waals surface area contributed by atoms with Crippen LogP contribution in [-0.2, 0) is 12.8 Å². The Morgan fingerprint density at radius 3 is 2.33 bits per heavy atom. The second-order valence-corrected chi connectivity index (χ2v) is 11.6. The first-order valence-electron chi connectivity index (χ1n) is 13.7. The van der Waals surface area contributed by atoms with Crippen molar-refractivity contribution in [3.05, 3.63) is 132 Å². The predicted octanol–water partition coefficient (Wildman–Crippen LogP) is 9.60. The number of rotatable bonds is 3. The van der Waals surface area contributed by atoms with Crippen LogP contribution in [0.2, 0.25) is 0 Å². The molecule has 2 nitrogen and oxygen atoms in total. The quantitative estimate of drug-likeness (QED) is 0.233. The van der Waals surface area contributed by atoms with Gasteiger partial charge in [0.15, 0.2) is 0 Å². The van der Waals surface area contributed by atoms with Crippen LogP contribution in [0, 0.1) is 0 Å². The Bertz CT molecular complexity index is 2000. The van der Waals surface area contributed by atoms with Crippen LogP contribution >= 0.6 is 11.3 Å². The summed E-state index contributed by atoms with van der Waals surface area (Å²) < 4.78 is 1.24. The average Bonchev–Trinajstić information content (AvgIpc) is 3.28. The Morgan fingerprint density at radius 1 is 0.692 bits per heavy atom. The van der Waals surface area contributed by atoms with Gasteiger partial charge in [0.25, 0.3) is 0 Å². The van der Waals surface area contributed by atoms with Gasteiger partial charge < -0.3 is 0 Å². The molecule has 186 valence electrons. The van der Waals surface area contributed by atoms with E-state index in [1.54, 1.807) is 11.3 Å². The van der Waals surface area contributed by atoms with Crippen molar-refractivity contribution in [2.75, 3.05) is 0 Å². The number of fused-ring (bicyclic) bond motifs is 7. The Morgan fingerprint density at radius 2 is 1.44 bits per heavy atom. The Labute approximate surface area is 231 Å². The molecule has 0 amide bonds. The summed E-state index contributed by atoms with van der Waals surface area (Å²) in [5, 5.41) is 3.81. The molecule has 5 aromatic carbocycles. The molecule has 0 spiro atoms. The fourth-order valence-corrected chi connectivity index (χ4v) is 7.34. The highest BCUT2D eigenvalue weighted by Crippen LogP contribution is 2.42. The van der Waals surface area contributed by atoms with E-state index in [1.165, 1.54) is 43.1 Å². The van der Waals surface area contributed by atoms with Gasteiger partial charge in [-0.1, -0.05) is 103 Å². The second-order valence-electron chi connectivity index (χ2n) is 10.5. The zero-order valence-electron chi connectivity index (χ0n) is 21.5. The van der Waals surface area contributed by atoms with E-state index in [0.717, 1.165) is 46.6 Å². The van der Waals surface area contributed by atoms with Crippen LogP contribution in [0.5, 0.6) is 0 Å². The molecule has 1 unspecified atom stereocenters. The van der Waals surface area contributed by atoms with Crippen LogP contribution in [-0.4, -0.2) is 9.97 Å². The molecule has 1 aliphatic carbocycles. The van der Waals surface area contributed by atoms with E-state index >= 15 is 0 Å². The number of aryl methyl sites for hydroxylation is 1. The van der Waals surface area contributed by atoms with Gasteiger partial charge in [-0.15, -0.1) is 11.3 Å². The van der Waals surface area contributed by atoms with Crippen molar-refractivity contribution >= 4 is 42.5 Å². The molecule has 2 heterocycles. The lowest BCUT2D eigenvalue weighted by molar-refractivity contribution is 0.621. The summed E-state index contributed by atoms with van der Waals surface area (Å²) in [5.41, 5.74) is 9.85. The highest BCUT2D eigenvalue weighted by Gasteiger charge is 2.25. The summed E-state index contributed by atoms with van der Waals surface area (Å²) in [6.45, 7) is 0. The van der Waals surface area contributed by atoms with Gasteiger partial charge in [0.05, 0.1) is 11.4 Å². The maximum Gasteiger partial charge on any atom is 0.143 e. The fraction of sp³-hybridized carbons (Fsp3) is 0.111. The van der Waals surface area contributed by atoms with Gasteiger partial charge in [-0.2, -0.15) is 0 Å². The van der Waals surface area contributed by atoms with Crippen molar-refractivity contribution in [1.29, 1.82) is 0 Å². The largest absolute Gasteiger partial charge is 0.243 e. The summed E-state index contributed by atoms with van der Waals surface area (Å²) in [5.74, 6) is 0.361. The second kappa shape index (κ2) is 9.14. The van der Waals surface area contributed by atoms with Gasteiger partial charge in [-0.25, -0.2) is 9.97 Å². The normalized spacial score (nSPS) is 14.8. The lowest BCUT2D eigenvalue weighted by Gasteiger charge is -2.19. The lowest BCUT2D eigenvalue weighted by atomic mass is 9.87. The minimum atomic E-state index is 0.361. The first-order chi connectivity index (χ1) is 19.3. The number of thiophene rings is 1. The SMILES string of the molecule is c1ccc(-c2nc3c(nc2CC2CCc4cc5ccccc5cc4-c4ccccc42)sc2ccccc23)cc1. The summed E-state index contributed by atoms with van der Waals surface area (Å²) in [6, 6.07) is 41.6. The van der Waals surface area contributed by atoms with Gasteiger partial charge >= 0.3 is 0 Å². The Balaban J connectivity index is 1.29. The zero-order chi connectivity index (χ0) is 25.8. The third kappa shape index (κ3) is 3.85. The van der Waals surface area contributed by atoms with E-state index in [4.69, 9.17) is 9.97 Å². The van der Waals surface area contributed by atoms with Crippen LogP contribution < -0.4 is 0 Å². The molecule has 1 aliphatic rings. The smallest absolute Gasteiger partial charge is 0.143 e. The van der Waals surface area contributed by atoms with Crippen molar-refractivity contribution < 1.29 is 0 Å². The van der Waals surface area contributed by atoms with E-state index in [9.17, 15) is 0 Å². The molecule has 0 bridgehead atoms. The number of aromatic nitrogens is 2. The Kier molecular flexibility index (Phi) is 5.31. The molecular formula is C36H26N2S. The van der Waals surface area contributed by atoms with Crippen LogP contribution in [0.1, 0.15) is 29.2 Å². The van der Waals surface area contributed by atoms with Crippen LogP contribution in [0.25, 0.3) is 53.6 Å². The number of nitrogens with zero attached hydrogens (tertiary/aromatic N) is 2. The van der Waals surface area contributed by atoms with Crippen LogP contribution in [0.4, 0.5) is 0 Å². The highest BCUT2D eigenvalue weighted by molar-refractivity contribution is 7.25. The number of hydrogen-bond acceptors (Lipinski definition) is 3. The van der Waals surface area contributed by atoms with Gasteiger partial charge in [0.2, 0.25) is 0 Å². The molecular weight excluding hydrogens is 492 g/mol. The molecule has 0 saturated heterocycles. The van der Waals surface area contributed by atoms with Crippen molar-refractivity contribution in [1.82, 2.24) is 9.97 Å². The van der Waals surface area contributed by atoms with Gasteiger partial charge in [0.1, 0.15) is 10.3 Å². The van der Waals surface area contributed by atoms with Crippen molar-refractivity contribution in [2.24, 2.45) is 0 Å². The highest BCUT2D eigenvalue weighted by atomic mass is 32.1. The average molecular weight is 519 g/mol. The van der Waals surface area contributed by atoms with Crippen LogP contribution in [0.3, 0.4) is 0 Å². The van der Waals surface area contributed by atoms with E-state index in [1.807, 2.05) is 0 Å². The summed E-state index contributed by atoms with van der Waals surface area (Å²) in [7, 11) is 0. The lowest BCUT2D eigenvalue weighted by Crippen LogP contribution is -2.08. The molecule has 0 radical (unpaired) electrons. The standard InChI is InChI=1S/C36H26N2S/c1-2-10-23(11-3-1)34-32(37-36-35(38-34)30-16-8-9-17-33(30)39-36)22-27-19-18-26-20-24-12-4-5-13-25(24)21-31(26)29-15-7-6-14-28(27)29/h1-17,20-21,27H,18-19,22H2. The monoisotopic (exact) mass is 518 g/mol. The number of hydrogen-bond donors (Lipinski definition) is 0. The maximum atomic E-state index is 5.34. The molecule has 39 heavy (non-hydrogen) atoms. The van der Waals surface area contributed by atoms with E-state index < -0.39 is 0 Å². The maximum absolute atomic E-state index is 5.34. The molecule has 1 atom stereocenters. The van der Waals surface area contributed by atoms with Crippen LogP contribution in [0.15, 0.2) is 115 Å².